The number of nitrogens with two attached hydrogens (primary N) is 2. The van der Waals surface area contributed by atoms with Crippen LogP contribution in [0.15, 0.2) is 40.8 Å². The molecule has 5 N–H and O–H groups in total. The second-order valence-corrected chi connectivity index (χ2v) is 4.50. The summed E-state index contributed by atoms with van der Waals surface area (Å²) in [7, 11) is 0. The zero-order valence-corrected chi connectivity index (χ0v) is 10.3. The zero-order valence-electron chi connectivity index (χ0n) is 10.3. The molecule has 2 unspecified atom stereocenters. The first kappa shape index (κ1) is 12.0. The Morgan fingerprint density at radius 1 is 1.30 bits per heavy atom. The van der Waals surface area contributed by atoms with E-state index in [2.05, 4.69) is 10.5 Å². The quantitative estimate of drug-likeness (QED) is 0.654. The molecule has 7 nitrogen and oxygen atoms in total. The predicted octanol–water partition coefficient (Wildman–Crippen LogP) is -0.125. The molecule has 0 spiro atoms. The van der Waals surface area contributed by atoms with Crippen LogP contribution in [0.4, 0.5) is 0 Å². The maximum Gasteiger partial charge on any atom is 0.251 e. The maximum absolute atomic E-state index is 11.9. The van der Waals surface area contributed by atoms with Gasteiger partial charge in [-0.2, -0.15) is 10.4 Å². The van der Waals surface area contributed by atoms with Crippen molar-refractivity contribution in [2.45, 2.75) is 5.92 Å². The number of amidine groups is 1. The first-order chi connectivity index (χ1) is 9.63. The molecular weight excluding hydrogens is 258 g/mol. The molecule has 2 aliphatic rings. The summed E-state index contributed by atoms with van der Waals surface area (Å²) in [6, 6.07) is 9.09. The van der Waals surface area contributed by atoms with Gasteiger partial charge in [0.05, 0.1) is 5.57 Å². The molecule has 100 valence electrons. The summed E-state index contributed by atoms with van der Waals surface area (Å²) in [5.74, 6) is -1.06. The van der Waals surface area contributed by atoms with E-state index in [1.54, 1.807) is 24.3 Å². The van der Waals surface area contributed by atoms with Gasteiger partial charge in [-0.3, -0.25) is 4.79 Å². The van der Waals surface area contributed by atoms with Crippen molar-refractivity contribution < 1.29 is 9.53 Å². The Bertz CT molecular complexity index is 701. The average Bonchev–Trinajstić information content (AvgIpc) is 2.77. The van der Waals surface area contributed by atoms with Gasteiger partial charge in [-0.15, -0.1) is 0 Å². The number of benzene rings is 1. The van der Waals surface area contributed by atoms with Crippen molar-refractivity contribution in [1.29, 1.82) is 5.26 Å². The monoisotopic (exact) mass is 269 g/mol. The Labute approximate surface area is 114 Å². The van der Waals surface area contributed by atoms with E-state index < -0.39 is 11.8 Å². The Hall–Kier alpha value is -3.01. The van der Waals surface area contributed by atoms with Crippen LogP contribution in [0.1, 0.15) is 11.5 Å². The van der Waals surface area contributed by atoms with Crippen LogP contribution >= 0.6 is 0 Å². The Balaban J connectivity index is 2.19. The van der Waals surface area contributed by atoms with E-state index in [-0.39, 0.29) is 23.2 Å². The van der Waals surface area contributed by atoms with Crippen LogP contribution in [0.2, 0.25) is 0 Å². The molecule has 0 bridgehead atoms. The molecular formula is C13H11N5O2. The van der Waals surface area contributed by atoms with Gasteiger partial charge in [0.1, 0.15) is 23.6 Å². The number of carbonyl (C=O) groups excluding carboxylic acids is 1. The van der Waals surface area contributed by atoms with Crippen molar-refractivity contribution in [2.24, 2.45) is 22.5 Å². The van der Waals surface area contributed by atoms with Gasteiger partial charge in [-0.1, -0.05) is 18.2 Å². The fraction of sp³-hybridized carbons (Fsp3) is 0.154. The van der Waals surface area contributed by atoms with E-state index in [1.807, 2.05) is 6.07 Å². The molecule has 7 heteroatoms. The normalized spacial score (nSPS) is 24.4. The summed E-state index contributed by atoms with van der Waals surface area (Å²) in [5, 5.41) is 13.0. The molecule has 0 aromatic heterocycles. The number of ether oxygens (including phenoxy) is 1. The van der Waals surface area contributed by atoms with Crippen LogP contribution in [-0.4, -0.2) is 11.7 Å². The number of allylic oxidation sites excluding steroid dienone is 1. The number of hydrazone groups is 1. The lowest BCUT2D eigenvalue weighted by atomic mass is 9.78. The molecule has 0 saturated carbocycles. The highest BCUT2D eigenvalue weighted by atomic mass is 16.5. The number of nitrogens with zero attached hydrogens (tertiary/aromatic N) is 2. The van der Waals surface area contributed by atoms with Gasteiger partial charge < -0.3 is 16.2 Å². The molecule has 3 rings (SSSR count). The SMILES string of the molecule is N#CC1=C(N)Oc2ccccc2C1C1C(=O)NN=C1N. The lowest BCUT2D eigenvalue weighted by Crippen LogP contribution is -2.36. The molecule has 0 aliphatic carbocycles. The number of rotatable bonds is 1. The smallest absolute Gasteiger partial charge is 0.251 e. The Kier molecular flexibility index (Phi) is 2.57. The molecule has 2 atom stereocenters. The Morgan fingerprint density at radius 3 is 2.70 bits per heavy atom. The highest BCUT2D eigenvalue weighted by molar-refractivity contribution is 6.07. The minimum atomic E-state index is -0.756. The fourth-order valence-corrected chi connectivity index (χ4v) is 2.50. The molecule has 1 aromatic carbocycles. The van der Waals surface area contributed by atoms with Crippen molar-refractivity contribution in [1.82, 2.24) is 5.43 Å². The second kappa shape index (κ2) is 4.28. The van der Waals surface area contributed by atoms with Gasteiger partial charge in [-0.25, -0.2) is 5.43 Å². The highest BCUT2D eigenvalue weighted by Gasteiger charge is 2.43. The van der Waals surface area contributed by atoms with Crippen LogP contribution in [0.25, 0.3) is 0 Å². The van der Waals surface area contributed by atoms with Gasteiger partial charge in [0.2, 0.25) is 5.88 Å². The molecule has 2 heterocycles. The second-order valence-electron chi connectivity index (χ2n) is 4.50. The third kappa shape index (κ3) is 1.59. The third-order valence-corrected chi connectivity index (χ3v) is 3.40. The molecule has 1 amide bonds. The number of hydrogen-bond acceptors (Lipinski definition) is 6. The van der Waals surface area contributed by atoms with E-state index in [0.29, 0.717) is 11.3 Å². The molecule has 0 radical (unpaired) electrons. The minimum absolute atomic E-state index is 0.0105. The number of fused-ring (bicyclic) bond motifs is 1. The Morgan fingerprint density at radius 2 is 2.05 bits per heavy atom. The molecule has 1 aromatic rings. The summed E-state index contributed by atoms with van der Waals surface area (Å²) in [6.07, 6.45) is 0. The van der Waals surface area contributed by atoms with Crippen molar-refractivity contribution in [3.05, 3.63) is 41.3 Å². The van der Waals surface area contributed by atoms with E-state index in [9.17, 15) is 10.1 Å². The lowest BCUT2D eigenvalue weighted by Gasteiger charge is -2.28. The topological polar surface area (TPSA) is 127 Å². The number of para-hydroxylation sites is 1. The van der Waals surface area contributed by atoms with E-state index in [1.165, 1.54) is 0 Å². The summed E-state index contributed by atoms with van der Waals surface area (Å²) in [6.45, 7) is 0. The van der Waals surface area contributed by atoms with Crippen LogP contribution in [0.3, 0.4) is 0 Å². The van der Waals surface area contributed by atoms with Crippen LogP contribution in [-0.2, 0) is 4.79 Å². The molecule has 2 aliphatic heterocycles. The van der Waals surface area contributed by atoms with Gasteiger partial charge in [0.15, 0.2) is 0 Å². The zero-order chi connectivity index (χ0) is 14.3. The third-order valence-electron chi connectivity index (χ3n) is 3.40. The first-order valence-corrected chi connectivity index (χ1v) is 5.93. The maximum atomic E-state index is 11.9. The number of carbonyl (C=O) groups is 1. The van der Waals surface area contributed by atoms with Gasteiger partial charge in [-0.05, 0) is 6.07 Å². The fourth-order valence-electron chi connectivity index (χ4n) is 2.50. The lowest BCUT2D eigenvalue weighted by molar-refractivity contribution is -0.122. The van der Waals surface area contributed by atoms with Crippen molar-refractivity contribution in [2.75, 3.05) is 0 Å². The van der Waals surface area contributed by atoms with Crippen molar-refractivity contribution in [3.63, 3.8) is 0 Å². The predicted molar refractivity (Wildman–Crippen MR) is 69.9 cm³/mol. The summed E-state index contributed by atoms with van der Waals surface area (Å²) >= 11 is 0. The standard InChI is InChI=1S/C13H11N5O2/c14-5-7-9(10-11(15)17-18-13(10)19)6-3-1-2-4-8(6)20-12(7)16/h1-4,9-10H,16H2,(H2,15,17)(H,18,19). The van der Waals surface area contributed by atoms with E-state index in [4.69, 9.17) is 16.2 Å². The van der Waals surface area contributed by atoms with Crippen LogP contribution < -0.4 is 21.6 Å². The summed E-state index contributed by atoms with van der Waals surface area (Å²) in [5.41, 5.74) is 14.7. The number of amides is 1. The van der Waals surface area contributed by atoms with Crippen molar-refractivity contribution in [3.8, 4) is 11.8 Å². The van der Waals surface area contributed by atoms with E-state index in [0.717, 1.165) is 0 Å². The molecule has 0 saturated heterocycles. The van der Waals surface area contributed by atoms with Gasteiger partial charge in [0.25, 0.3) is 5.91 Å². The minimum Gasteiger partial charge on any atom is -0.440 e. The number of nitrogens with one attached hydrogen (secondary N) is 1. The average molecular weight is 269 g/mol. The summed E-state index contributed by atoms with van der Waals surface area (Å²) < 4.78 is 5.42. The van der Waals surface area contributed by atoms with Gasteiger partial charge in [0, 0.05) is 11.5 Å². The largest absolute Gasteiger partial charge is 0.440 e. The first-order valence-electron chi connectivity index (χ1n) is 5.93. The van der Waals surface area contributed by atoms with Crippen LogP contribution in [0, 0.1) is 17.2 Å². The molecule has 20 heavy (non-hydrogen) atoms. The number of hydrogen-bond donors (Lipinski definition) is 3. The summed E-state index contributed by atoms with van der Waals surface area (Å²) in [4.78, 5) is 11.9. The van der Waals surface area contributed by atoms with Crippen molar-refractivity contribution >= 4 is 11.7 Å². The van der Waals surface area contributed by atoms with Crippen LogP contribution in [0.5, 0.6) is 5.75 Å². The highest BCUT2D eigenvalue weighted by Crippen LogP contribution is 2.42. The van der Waals surface area contributed by atoms with Gasteiger partial charge >= 0.3 is 0 Å². The molecule has 0 fully saturated rings. The number of nitriles is 1. The van der Waals surface area contributed by atoms with E-state index >= 15 is 0 Å².